The summed E-state index contributed by atoms with van der Waals surface area (Å²) in [4.78, 5) is 14.5. The molecule has 2 rings (SSSR count). The fraction of sp³-hybridized carbons (Fsp3) is 0.533. The van der Waals surface area contributed by atoms with Crippen LogP contribution in [-0.2, 0) is 4.74 Å². The highest BCUT2D eigenvalue weighted by Crippen LogP contribution is 2.29. The van der Waals surface area contributed by atoms with Crippen LogP contribution in [0.25, 0.3) is 0 Å². The molecule has 5 heteroatoms. The van der Waals surface area contributed by atoms with Crippen molar-refractivity contribution in [2.75, 3.05) is 34.0 Å². The van der Waals surface area contributed by atoms with Crippen molar-refractivity contribution in [1.82, 2.24) is 4.90 Å². The molecule has 1 aliphatic heterocycles. The Kier molecular flexibility index (Phi) is 4.18. The van der Waals surface area contributed by atoms with Crippen molar-refractivity contribution in [3.8, 4) is 11.5 Å². The lowest BCUT2D eigenvalue weighted by atomic mass is 10.0. The van der Waals surface area contributed by atoms with E-state index in [2.05, 4.69) is 0 Å². The van der Waals surface area contributed by atoms with E-state index in [1.165, 1.54) is 0 Å². The van der Waals surface area contributed by atoms with Gasteiger partial charge in [0.15, 0.2) is 11.5 Å². The highest BCUT2D eigenvalue weighted by Gasteiger charge is 2.34. The molecule has 0 unspecified atom stereocenters. The molecule has 1 aliphatic rings. The van der Waals surface area contributed by atoms with Crippen LogP contribution in [-0.4, -0.2) is 50.3 Å². The number of benzene rings is 1. The Hall–Kier alpha value is -1.75. The van der Waals surface area contributed by atoms with Gasteiger partial charge in [-0.05, 0) is 32.0 Å². The van der Waals surface area contributed by atoms with Gasteiger partial charge in [-0.2, -0.15) is 0 Å². The first-order valence-electron chi connectivity index (χ1n) is 6.61. The van der Waals surface area contributed by atoms with Gasteiger partial charge in [-0.1, -0.05) is 0 Å². The average Bonchev–Trinajstić information content (AvgIpc) is 2.45. The first-order chi connectivity index (χ1) is 9.49. The van der Waals surface area contributed by atoms with E-state index in [1.54, 1.807) is 32.4 Å². The minimum absolute atomic E-state index is 0.0146. The zero-order valence-electron chi connectivity index (χ0n) is 12.4. The van der Waals surface area contributed by atoms with Crippen LogP contribution in [0.4, 0.5) is 0 Å². The van der Waals surface area contributed by atoms with Gasteiger partial charge in [0.1, 0.15) is 0 Å². The van der Waals surface area contributed by atoms with Crippen molar-refractivity contribution in [3.05, 3.63) is 23.8 Å². The molecule has 1 amide bonds. The minimum atomic E-state index is -0.303. The number of carbonyl (C=O) groups excluding carboxylic acids is 1. The Morgan fingerprint density at radius 2 is 1.95 bits per heavy atom. The Morgan fingerprint density at radius 3 is 2.55 bits per heavy atom. The lowest BCUT2D eigenvalue weighted by Gasteiger charge is -2.42. The predicted molar refractivity (Wildman–Crippen MR) is 75.5 cm³/mol. The van der Waals surface area contributed by atoms with Crippen LogP contribution in [0.15, 0.2) is 18.2 Å². The van der Waals surface area contributed by atoms with Gasteiger partial charge in [-0.3, -0.25) is 4.79 Å². The maximum atomic E-state index is 12.7. The van der Waals surface area contributed by atoms with Crippen molar-refractivity contribution in [1.29, 1.82) is 0 Å². The van der Waals surface area contributed by atoms with Gasteiger partial charge < -0.3 is 19.1 Å². The maximum Gasteiger partial charge on any atom is 0.254 e. The third-order valence-electron chi connectivity index (χ3n) is 3.52. The number of carbonyl (C=O) groups is 1. The monoisotopic (exact) mass is 279 g/mol. The van der Waals surface area contributed by atoms with Gasteiger partial charge in [-0.15, -0.1) is 0 Å². The molecule has 0 saturated carbocycles. The predicted octanol–water partition coefficient (Wildman–Crippen LogP) is 1.95. The van der Waals surface area contributed by atoms with E-state index in [-0.39, 0.29) is 11.4 Å². The van der Waals surface area contributed by atoms with E-state index in [9.17, 15) is 4.79 Å². The van der Waals surface area contributed by atoms with Gasteiger partial charge >= 0.3 is 0 Å². The molecule has 20 heavy (non-hydrogen) atoms. The zero-order valence-corrected chi connectivity index (χ0v) is 12.4. The minimum Gasteiger partial charge on any atom is -0.493 e. The summed E-state index contributed by atoms with van der Waals surface area (Å²) in [5, 5.41) is 0. The molecule has 1 aromatic rings. The molecule has 1 fully saturated rings. The number of hydrogen-bond donors (Lipinski definition) is 0. The van der Waals surface area contributed by atoms with Crippen LogP contribution in [0.2, 0.25) is 0 Å². The molecule has 1 saturated heterocycles. The standard InChI is InChI=1S/C15H21NO4/c1-15(2)10-20-8-7-16(15)14(17)11-5-6-12(18-3)13(9-11)19-4/h5-6,9H,7-8,10H2,1-4H3. The van der Waals surface area contributed by atoms with Crippen LogP contribution in [0.1, 0.15) is 24.2 Å². The number of methoxy groups -OCH3 is 2. The summed E-state index contributed by atoms with van der Waals surface area (Å²) >= 11 is 0. The van der Waals surface area contributed by atoms with Gasteiger partial charge in [0.05, 0.1) is 33.0 Å². The quantitative estimate of drug-likeness (QED) is 0.848. The molecule has 0 atom stereocenters. The van der Waals surface area contributed by atoms with E-state index in [4.69, 9.17) is 14.2 Å². The van der Waals surface area contributed by atoms with Crippen molar-refractivity contribution in [3.63, 3.8) is 0 Å². The normalized spacial score (nSPS) is 17.7. The van der Waals surface area contributed by atoms with E-state index in [0.29, 0.717) is 36.8 Å². The number of rotatable bonds is 3. The summed E-state index contributed by atoms with van der Waals surface area (Å²) in [7, 11) is 3.13. The lowest BCUT2D eigenvalue weighted by Crippen LogP contribution is -2.55. The first kappa shape index (κ1) is 14.7. The average molecular weight is 279 g/mol. The Bertz CT molecular complexity index is 499. The SMILES string of the molecule is COc1ccc(C(=O)N2CCOCC2(C)C)cc1OC. The van der Waals surface area contributed by atoms with Gasteiger partial charge in [0.2, 0.25) is 0 Å². The Labute approximate surface area is 119 Å². The molecule has 5 nitrogen and oxygen atoms in total. The number of hydrogen-bond acceptors (Lipinski definition) is 4. The second kappa shape index (κ2) is 5.71. The summed E-state index contributed by atoms with van der Waals surface area (Å²) in [6.07, 6.45) is 0. The van der Waals surface area contributed by atoms with Gasteiger partial charge in [-0.25, -0.2) is 0 Å². The largest absolute Gasteiger partial charge is 0.493 e. The molecule has 0 spiro atoms. The fourth-order valence-corrected chi connectivity index (χ4v) is 2.36. The third kappa shape index (κ3) is 2.72. The van der Waals surface area contributed by atoms with Gasteiger partial charge in [0, 0.05) is 12.1 Å². The summed E-state index contributed by atoms with van der Waals surface area (Å²) in [5.74, 6) is 1.16. The highest BCUT2D eigenvalue weighted by molar-refractivity contribution is 5.95. The number of amides is 1. The van der Waals surface area contributed by atoms with Crippen LogP contribution in [0.5, 0.6) is 11.5 Å². The second-order valence-electron chi connectivity index (χ2n) is 5.39. The topological polar surface area (TPSA) is 48.0 Å². The van der Waals surface area contributed by atoms with Crippen molar-refractivity contribution in [2.24, 2.45) is 0 Å². The highest BCUT2D eigenvalue weighted by atomic mass is 16.5. The van der Waals surface area contributed by atoms with Crippen LogP contribution in [0, 0.1) is 0 Å². The molecule has 1 heterocycles. The lowest BCUT2D eigenvalue weighted by molar-refractivity contribution is -0.0370. The molecular weight excluding hydrogens is 258 g/mol. The molecule has 0 bridgehead atoms. The smallest absolute Gasteiger partial charge is 0.254 e. The summed E-state index contributed by atoms with van der Waals surface area (Å²) in [6, 6.07) is 5.22. The maximum absolute atomic E-state index is 12.7. The summed E-state index contributed by atoms with van der Waals surface area (Å²) in [6.45, 7) is 5.73. The van der Waals surface area contributed by atoms with Crippen LogP contribution < -0.4 is 9.47 Å². The number of ether oxygens (including phenoxy) is 3. The summed E-state index contributed by atoms with van der Waals surface area (Å²) < 4.78 is 15.9. The zero-order chi connectivity index (χ0) is 14.8. The van der Waals surface area contributed by atoms with E-state index in [0.717, 1.165) is 0 Å². The van der Waals surface area contributed by atoms with E-state index < -0.39 is 0 Å². The van der Waals surface area contributed by atoms with E-state index >= 15 is 0 Å². The first-order valence-corrected chi connectivity index (χ1v) is 6.61. The molecular formula is C15H21NO4. The van der Waals surface area contributed by atoms with Crippen molar-refractivity contribution < 1.29 is 19.0 Å². The Balaban J connectivity index is 2.29. The van der Waals surface area contributed by atoms with Crippen LogP contribution >= 0.6 is 0 Å². The number of nitrogens with zero attached hydrogens (tertiary/aromatic N) is 1. The van der Waals surface area contributed by atoms with Crippen molar-refractivity contribution >= 4 is 5.91 Å². The fourth-order valence-electron chi connectivity index (χ4n) is 2.36. The molecule has 0 aliphatic carbocycles. The van der Waals surface area contributed by atoms with E-state index in [1.807, 2.05) is 18.7 Å². The Morgan fingerprint density at radius 1 is 1.25 bits per heavy atom. The molecule has 1 aromatic carbocycles. The molecule has 0 aromatic heterocycles. The second-order valence-corrected chi connectivity index (χ2v) is 5.39. The third-order valence-corrected chi connectivity index (χ3v) is 3.52. The van der Waals surface area contributed by atoms with Crippen LogP contribution in [0.3, 0.4) is 0 Å². The van der Waals surface area contributed by atoms with Crippen molar-refractivity contribution in [2.45, 2.75) is 19.4 Å². The molecule has 0 radical (unpaired) electrons. The summed E-state index contributed by atoms with van der Waals surface area (Å²) in [5.41, 5.74) is 0.292. The number of morpholine rings is 1. The molecule has 0 N–H and O–H groups in total. The molecule has 110 valence electrons. The van der Waals surface area contributed by atoms with Gasteiger partial charge in [0.25, 0.3) is 5.91 Å².